The summed E-state index contributed by atoms with van der Waals surface area (Å²) in [7, 11) is 4.66. The zero-order valence-corrected chi connectivity index (χ0v) is 7.40. The van der Waals surface area contributed by atoms with E-state index in [1.54, 1.807) is 0 Å². The van der Waals surface area contributed by atoms with E-state index in [1.807, 2.05) is 0 Å². The van der Waals surface area contributed by atoms with Gasteiger partial charge in [-0.1, -0.05) is 0 Å². The van der Waals surface area contributed by atoms with E-state index < -0.39 is 0 Å². The average Bonchev–Trinajstić information content (AvgIpc) is 1.37. The minimum absolute atomic E-state index is 0.0592. The first-order valence-corrected chi connectivity index (χ1v) is 12.0. The van der Waals surface area contributed by atoms with E-state index in [4.69, 9.17) is 0 Å². The second kappa shape index (κ2) is 5.03. The second-order valence-corrected chi connectivity index (χ2v) is 15.0. The summed E-state index contributed by atoms with van der Waals surface area (Å²) < 4.78 is 0. The van der Waals surface area contributed by atoms with Crippen molar-refractivity contribution < 1.29 is 28.1 Å². The molecule has 0 heterocycles. The predicted molar refractivity (Wildman–Crippen MR) is 14.5 cm³/mol. The Balaban J connectivity index is 2.92. The van der Waals surface area contributed by atoms with E-state index >= 15 is 0 Å². The molecule has 0 aliphatic heterocycles. The topological polar surface area (TPSA) is 0 Å². The molecule has 0 saturated carbocycles. The van der Waals surface area contributed by atoms with Gasteiger partial charge >= 0.3 is 44.6 Å². The Hall–Kier alpha value is 2.03. The molecular weight excluding hydrogens is 255 g/mol. The van der Waals surface area contributed by atoms with E-state index in [0.29, 0.717) is 0 Å². The zero-order valence-electron chi connectivity index (χ0n) is 1.67. The van der Waals surface area contributed by atoms with E-state index in [-0.39, 0.29) is 28.1 Å². The van der Waals surface area contributed by atoms with Crippen molar-refractivity contribution >= 4 is 16.5 Å². The van der Waals surface area contributed by atoms with Gasteiger partial charge in [0.2, 0.25) is 0 Å². The Bertz CT molecular complexity index is 51.5. The standard InChI is InChI=1S/2Mo.P.S. The molecule has 4 heteroatoms. The molecule has 0 aromatic rings. The molecule has 0 unspecified atom stereocenters. The summed E-state index contributed by atoms with van der Waals surface area (Å²) in [4.78, 5) is 0. The molecule has 0 atom stereocenters. The van der Waals surface area contributed by atoms with Crippen LogP contribution in [0.15, 0.2) is 0 Å². The van der Waals surface area contributed by atoms with Crippen molar-refractivity contribution in [2.45, 2.75) is 0 Å². The van der Waals surface area contributed by atoms with Crippen LogP contribution in [0.1, 0.15) is 0 Å². The van der Waals surface area contributed by atoms with Gasteiger partial charge < -0.3 is 0 Å². The Morgan fingerprint density at radius 3 is 2.00 bits per heavy atom. The molecule has 0 aromatic heterocycles. The number of hydrogen-bond donors (Lipinski definition) is 0. The first-order valence-electron chi connectivity index (χ1n) is 0.516. The van der Waals surface area contributed by atoms with Gasteiger partial charge in [-0.25, -0.2) is 0 Å². The normalized spacial score (nSPS) is 4.75. The first kappa shape index (κ1) is 6.03. The minimum atomic E-state index is 0.0592. The van der Waals surface area contributed by atoms with Crippen molar-refractivity contribution in [3.63, 3.8) is 0 Å². The van der Waals surface area contributed by atoms with Gasteiger partial charge in [0.1, 0.15) is 0 Å². The van der Waals surface area contributed by atoms with Crippen molar-refractivity contribution in [3.05, 3.63) is 0 Å². The molecule has 0 radical (unpaired) electrons. The van der Waals surface area contributed by atoms with Crippen molar-refractivity contribution in [3.8, 4) is 0 Å². The van der Waals surface area contributed by atoms with Crippen LogP contribution in [-0.2, 0) is 28.1 Å². The van der Waals surface area contributed by atoms with Crippen LogP contribution in [0.25, 0.3) is 0 Å². The molecule has 4 heavy (non-hydrogen) atoms. The van der Waals surface area contributed by atoms with E-state index in [9.17, 15) is 0 Å². The molecule has 0 N–H and O–H groups in total. The van der Waals surface area contributed by atoms with Gasteiger partial charge in [0.25, 0.3) is 0 Å². The van der Waals surface area contributed by atoms with Crippen LogP contribution in [-0.4, -0.2) is 0 Å². The van der Waals surface area contributed by atoms with Crippen LogP contribution >= 0.6 is 16.5 Å². The third-order valence-electron chi connectivity index (χ3n) is 0.0304. The second-order valence-electron chi connectivity index (χ2n) is 0.143. The van der Waals surface area contributed by atoms with Crippen LogP contribution in [0.3, 0.4) is 0 Å². The van der Waals surface area contributed by atoms with Gasteiger partial charge in [0, 0.05) is 0 Å². The van der Waals surface area contributed by atoms with E-state index in [2.05, 4.69) is 16.5 Å². The van der Waals surface area contributed by atoms with Gasteiger partial charge in [-0.05, 0) is 0 Å². The number of rotatable bonds is 0. The molecular formula is Mo2PS. The Morgan fingerprint density at radius 1 is 1.75 bits per heavy atom. The van der Waals surface area contributed by atoms with Gasteiger partial charge in [0.05, 0.1) is 0 Å². The quantitative estimate of drug-likeness (QED) is 0.467. The summed E-state index contributed by atoms with van der Waals surface area (Å²) in [5, 5.41) is 0. The summed E-state index contributed by atoms with van der Waals surface area (Å²) >= 11 is 0.180. The average molecular weight is 255 g/mol. The molecule has 23 valence electrons. The zero-order chi connectivity index (χ0) is 3.41. The summed E-state index contributed by atoms with van der Waals surface area (Å²) in [5.74, 6) is 0. The molecule has 0 bridgehead atoms. The van der Waals surface area contributed by atoms with Gasteiger partial charge in [-0.15, -0.1) is 0 Å². The van der Waals surface area contributed by atoms with Crippen molar-refractivity contribution in [1.82, 2.24) is 0 Å². The molecule has 0 fully saturated rings. The van der Waals surface area contributed by atoms with E-state index in [0.717, 1.165) is 0 Å². The summed E-state index contributed by atoms with van der Waals surface area (Å²) in [6.45, 7) is 4.00. The fourth-order valence-electron chi connectivity index (χ4n) is 0. The monoisotopic (exact) mass is 259 g/mol. The molecule has 0 aliphatic rings. The van der Waals surface area contributed by atoms with Crippen LogP contribution in [0, 0.1) is 0 Å². The fraction of sp³-hybridized carbons (Fsp3) is 0. The van der Waals surface area contributed by atoms with Crippen LogP contribution in [0.5, 0.6) is 0 Å². The Labute approximate surface area is 44.1 Å². The Morgan fingerprint density at radius 2 is 2.00 bits per heavy atom. The van der Waals surface area contributed by atoms with Gasteiger partial charge in [-0.3, -0.25) is 0 Å². The molecule has 0 amide bonds. The van der Waals surface area contributed by atoms with Gasteiger partial charge in [-0.2, -0.15) is 0 Å². The van der Waals surface area contributed by atoms with Gasteiger partial charge in [0.15, 0.2) is 0 Å². The molecule has 0 saturated heterocycles. The summed E-state index contributed by atoms with van der Waals surface area (Å²) in [6.07, 6.45) is 0. The third-order valence-corrected chi connectivity index (χ3v) is 9.59. The maximum absolute atomic E-state index is 4.66. The summed E-state index contributed by atoms with van der Waals surface area (Å²) in [5.41, 5.74) is 0. The van der Waals surface area contributed by atoms with E-state index in [1.165, 1.54) is 0 Å². The van der Waals surface area contributed by atoms with Crippen LogP contribution in [0.4, 0.5) is 0 Å². The molecule has 0 spiro atoms. The molecule has 0 aliphatic carbocycles. The molecule has 0 rings (SSSR count). The Kier molecular flexibility index (Phi) is 7.57. The number of hydrogen-bond acceptors (Lipinski definition) is 1. The third kappa shape index (κ3) is 4.03. The van der Waals surface area contributed by atoms with Crippen molar-refractivity contribution in [2.24, 2.45) is 0 Å². The van der Waals surface area contributed by atoms with Crippen LogP contribution < -0.4 is 0 Å². The first-order chi connectivity index (χ1) is 1.91. The van der Waals surface area contributed by atoms with Crippen LogP contribution in [0.2, 0.25) is 0 Å². The van der Waals surface area contributed by atoms with Crippen molar-refractivity contribution in [2.75, 3.05) is 0 Å². The molecule has 0 nitrogen and oxygen atoms in total. The fourth-order valence-corrected chi connectivity index (χ4v) is 0. The maximum atomic E-state index is 4.66. The summed E-state index contributed by atoms with van der Waals surface area (Å²) in [6, 6.07) is 0. The van der Waals surface area contributed by atoms with Crippen molar-refractivity contribution in [1.29, 1.82) is 0 Å². The predicted octanol–water partition coefficient (Wildman–Crippen LogP) is 1.50. The molecule has 0 aromatic carbocycles. The SMILES string of the molecule is [P]#[Mo][Mo]=[S].